The van der Waals surface area contributed by atoms with Crippen molar-refractivity contribution in [1.29, 1.82) is 0 Å². The number of hydrogen-bond acceptors (Lipinski definition) is 5. The molecule has 0 aliphatic rings. The summed E-state index contributed by atoms with van der Waals surface area (Å²) in [5, 5.41) is 13.4. The van der Waals surface area contributed by atoms with Gasteiger partial charge in [0.2, 0.25) is 0 Å². The Hall–Kier alpha value is -4.30. The molecule has 0 bridgehead atoms. The van der Waals surface area contributed by atoms with E-state index >= 15 is 0 Å². The first kappa shape index (κ1) is 23.8. The first-order valence-electron chi connectivity index (χ1n) is 10.5. The summed E-state index contributed by atoms with van der Waals surface area (Å²) in [7, 11) is 2.93. The number of aromatic nitrogens is 1. The number of halogens is 1. The number of fused-ring (bicyclic) bond motifs is 1. The fourth-order valence-corrected chi connectivity index (χ4v) is 4.06. The van der Waals surface area contributed by atoms with Crippen molar-refractivity contribution in [1.82, 2.24) is 9.88 Å². The molecule has 0 saturated carbocycles. The van der Waals surface area contributed by atoms with E-state index in [4.69, 9.17) is 21.1 Å². The van der Waals surface area contributed by atoms with Crippen LogP contribution < -0.4 is 20.2 Å². The number of amides is 1. The Kier molecular flexibility index (Phi) is 6.75. The normalized spacial score (nSPS) is 10.7. The van der Waals surface area contributed by atoms with Crippen LogP contribution in [0.4, 0.5) is 0 Å². The van der Waals surface area contributed by atoms with Gasteiger partial charge in [0.15, 0.2) is 16.9 Å². The van der Waals surface area contributed by atoms with Crippen LogP contribution in [0.15, 0.2) is 71.5 Å². The summed E-state index contributed by atoms with van der Waals surface area (Å²) < 4.78 is 11.9. The third kappa shape index (κ3) is 4.56. The molecular formula is C26H21ClN2O6. The summed E-state index contributed by atoms with van der Waals surface area (Å²) in [6, 6.07) is 18.0. The van der Waals surface area contributed by atoms with Gasteiger partial charge in [-0.25, -0.2) is 4.79 Å². The van der Waals surface area contributed by atoms with Crippen LogP contribution in [0.1, 0.15) is 26.4 Å². The molecule has 1 amide bonds. The van der Waals surface area contributed by atoms with Crippen LogP contribution in [0.2, 0.25) is 5.02 Å². The van der Waals surface area contributed by atoms with Gasteiger partial charge in [-0.1, -0.05) is 29.8 Å². The van der Waals surface area contributed by atoms with Crippen molar-refractivity contribution in [2.75, 3.05) is 14.2 Å². The number of carbonyl (C=O) groups is 2. The Morgan fingerprint density at radius 3 is 2.34 bits per heavy atom. The maximum absolute atomic E-state index is 13.4. The van der Waals surface area contributed by atoms with Gasteiger partial charge < -0.3 is 24.5 Å². The minimum atomic E-state index is -1.32. The molecule has 4 rings (SSSR count). The molecule has 8 nitrogen and oxygen atoms in total. The number of para-hydroxylation sites is 1. The van der Waals surface area contributed by atoms with Crippen LogP contribution in [0.3, 0.4) is 0 Å². The van der Waals surface area contributed by atoms with E-state index in [1.165, 1.54) is 24.9 Å². The van der Waals surface area contributed by atoms with Crippen molar-refractivity contribution < 1.29 is 24.2 Å². The Labute approximate surface area is 205 Å². The summed E-state index contributed by atoms with van der Waals surface area (Å²) in [6.45, 7) is -0.307. The lowest BCUT2D eigenvalue weighted by Crippen LogP contribution is -2.30. The zero-order valence-electron chi connectivity index (χ0n) is 18.9. The molecule has 2 N–H and O–H groups in total. The number of carbonyl (C=O) groups excluding carboxylic acids is 1. The van der Waals surface area contributed by atoms with Gasteiger partial charge in [-0.05, 0) is 48.5 Å². The molecular weight excluding hydrogens is 472 g/mol. The van der Waals surface area contributed by atoms with Gasteiger partial charge in [0.25, 0.3) is 5.91 Å². The van der Waals surface area contributed by atoms with Crippen molar-refractivity contribution in [3.63, 3.8) is 0 Å². The van der Waals surface area contributed by atoms with Gasteiger partial charge >= 0.3 is 5.97 Å². The van der Waals surface area contributed by atoms with Gasteiger partial charge in [-0.3, -0.25) is 9.59 Å². The third-order valence-electron chi connectivity index (χ3n) is 5.52. The van der Waals surface area contributed by atoms with Gasteiger partial charge in [-0.15, -0.1) is 0 Å². The van der Waals surface area contributed by atoms with E-state index in [2.05, 4.69) is 5.32 Å². The van der Waals surface area contributed by atoms with Crippen molar-refractivity contribution in [3.8, 4) is 17.2 Å². The molecule has 0 radical (unpaired) electrons. The van der Waals surface area contributed by atoms with Crippen LogP contribution in [0.25, 0.3) is 16.6 Å². The van der Waals surface area contributed by atoms with Crippen molar-refractivity contribution in [2.24, 2.45) is 0 Å². The highest BCUT2D eigenvalue weighted by Gasteiger charge is 2.24. The highest BCUT2D eigenvalue weighted by Crippen LogP contribution is 2.28. The summed E-state index contributed by atoms with van der Waals surface area (Å²) in [5.41, 5.74) is 0.309. The van der Waals surface area contributed by atoms with Gasteiger partial charge in [-0.2, -0.15) is 0 Å². The summed E-state index contributed by atoms with van der Waals surface area (Å²) in [6.07, 6.45) is 0. The Bertz CT molecular complexity index is 1500. The number of methoxy groups -OCH3 is 2. The average molecular weight is 493 g/mol. The number of hydrogen-bond donors (Lipinski definition) is 2. The standard InChI is InChI=1S/C26H21ClN2O6/c1-34-21-11-8-15(12-22(21)35-2)25(31)28-14-19-23(26(32)33)29(17-6-4-3-5-7-17)20-13-16(27)9-10-18(20)24(19)30/h3-13H,14H2,1-2H3,(H,28,31)(H,32,33). The fraction of sp³-hybridized carbons (Fsp3) is 0.115. The monoisotopic (exact) mass is 492 g/mol. The molecule has 0 atom stereocenters. The van der Waals surface area contributed by atoms with Gasteiger partial charge in [0.05, 0.1) is 25.3 Å². The zero-order valence-corrected chi connectivity index (χ0v) is 19.6. The number of ether oxygens (including phenoxy) is 2. The Balaban J connectivity index is 1.84. The molecule has 4 aromatic rings. The first-order valence-corrected chi connectivity index (χ1v) is 10.9. The highest BCUT2D eigenvalue weighted by atomic mass is 35.5. The molecule has 35 heavy (non-hydrogen) atoms. The summed E-state index contributed by atoms with van der Waals surface area (Å²) >= 11 is 6.18. The fourth-order valence-electron chi connectivity index (χ4n) is 3.89. The average Bonchev–Trinajstić information content (AvgIpc) is 2.87. The predicted molar refractivity (Wildman–Crippen MR) is 132 cm³/mol. The molecule has 1 aromatic heterocycles. The number of benzene rings is 3. The van der Waals surface area contributed by atoms with Crippen LogP contribution in [-0.2, 0) is 6.54 Å². The van der Waals surface area contributed by atoms with E-state index in [1.807, 2.05) is 0 Å². The molecule has 0 aliphatic carbocycles. The Morgan fingerprint density at radius 2 is 1.69 bits per heavy atom. The number of carboxylic acids is 1. The molecule has 1 heterocycles. The number of nitrogens with zero attached hydrogens (tertiary/aromatic N) is 1. The molecule has 0 unspecified atom stereocenters. The number of pyridine rings is 1. The van der Waals surface area contributed by atoms with E-state index in [-0.39, 0.29) is 28.8 Å². The maximum atomic E-state index is 13.4. The van der Waals surface area contributed by atoms with E-state index in [1.54, 1.807) is 60.7 Å². The second-order valence-corrected chi connectivity index (χ2v) is 7.98. The van der Waals surface area contributed by atoms with E-state index in [0.717, 1.165) is 0 Å². The molecule has 0 fully saturated rings. The van der Waals surface area contributed by atoms with Crippen molar-refractivity contribution >= 4 is 34.4 Å². The molecule has 9 heteroatoms. The van der Waals surface area contributed by atoms with Gasteiger partial charge in [0, 0.05) is 28.2 Å². The van der Waals surface area contributed by atoms with Crippen molar-refractivity contribution in [3.05, 3.63) is 98.8 Å². The SMILES string of the molecule is COc1ccc(C(=O)NCc2c(C(=O)O)n(-c3ccccc3)c3cc(Cl)ccc3c2=O)cc1OC. The summed E-state index contributed by atoms with van der Waals surface area (Å²) in [5.74, 6) is -1.01. The van der Waals surface area contributed by atoms with Crippen LogP contribution in [0, 0.1) is 0 Å². The topological polar surface area (TPSA) is 107 Å². The highest BCUT2D eigenvalue weighted by molar-refractivity contribution is 6.31. The zero-order chi connectivity index (χ0) is 25.1. The second kappa shape index (κ2) is 9.90. The van der Waals surface area contributed by atoms with Crippen LogP contribution in [-0.4, -0.2) is 35.8 Å². The smallest absolute Gasteiger partial charge is 0.353 e. The lowest BCUT2D eigenvalue weighted by Gasteiger charge is -2.19. The first-order chi connectivity index (χ1) is 16.8. The number of rotatable bonds is 7. The molecule has 3 aromatic carbocycles. The third-order valence-corrected chi connectivity index (χ3v) is 5.75. The number of aromatic carboxylic acids is 1. The maximum Gasteiger partial charge on any atom is 0.353 e. The minimum Gasteiger partial charge on any atom is -0.493 e. The molecule has 178 valence electrons. The van der Waals surface area contributed by atoms with Crippen molar-refractivity contribution in [2.45, 2.75) is 6.54 Å². The number of nitrogens with one attached hydrogen (secondary N) is 1. The van der Waals surface area contributed by atoms with E-state index < -0.39 is 17.3 Å². The quantitative estimate of drug-likeness (QED) is 0.398. The van der Waals surface area contributed by atoms with Gasteiger partial charge in [0.1, 0.15) is 5.69 Å². The molecule has 0 aliphatic heterocycles. The second-order valence-electron chi connectivity index (χ2n) is 7.55. The van der Waals surface area contributed by atoms with E-state index in [0.29, 0.717) is 27.7 Å². The van der Waals surface area contributed by atoms with E-state index in [9.17, 15) is 19.5 Å². The number of carboxylic acid groups (broad SMARTS) is 1. The molecule has 0 saturated heterocycles. The summed E-state index contributed by atoms with van der Waals surface area (Å²) in [4.78, 5) is 38.7. The minimum absolute atomic E-state index is 0.0648. The largest absolute Gasteiger partial charge is 0.493 e. The van der Waals surface area contributed by atoms with Crippen LogP contribution in [0.5, 0.6) is 11.5 Å². The Morgan fingerprint density at radius 1 is 0.971 bits per heavy atom. The lowest BCUT2D eigenvalue weighted by atomic mass is 10.1. The predicted octanol–water partition coefficient (Wildman–Crippen LogP) is 4.29. The molecule has 0 spiro atoms. The lowest BCUT2D eigenvalue weighted by molar-refractivity contribution is 0.0685. The van der Waals surface area contributed by atoms with Crippen LogP contribution >= 0.6 is 11.6 Å².